The van der Waals surface area contributed by atoms with E-state index in [2.05, 4.69) is 106 Å². The van der Waals surface area contributed by atoms with Crippen molar-refractivity contribution in [3.63, 3.8) is 0 Å². The van der Waals surface area contributed by atoms with E-state index >= 15 is 0 Å². The predicted octanol–water partition coefficient (Wildman–Crippen LogP) is 11.0. The number of benzene rings is 4. The van der Waals surface area contributed by atoms with E-state index in [1.165, 1.54) is 0 Å². The van der Waals surface area contributed by atoms with Crippen molar-refractivity contribution in [1.82, 2.24) is 9.97 Å². The van der Waals surface area contributed by atoms with Gasteiger partial charge in [-0.1, -0.05) is 108 Å². The van der Waals surface area contributed by atoms with E-state index in [0.29, 0.717) is 5.69 Å². The molecule has 0 aliphatic rings. The molecule has 0 bridgehead atoms. The van der Waals surface area contributed by atoms with Gasteiger partial charge in [-0.3, -0.25) is 4.98 Å². The van der Waals surface area contributed by atoms with Gasteiger partial charge in [0.15, 0.2) is 0 Å². The van der Waals surface area contributed by atoms with E-state index in [1.54, 1.807) is 6.20 Å². The zero-order valence-corrected chi connectivity index (χ0v) is 30.0. The summed E-state index contributed by atoms with van der Waals surface area (Å²) in [7, 11) is 0. The van der Waals surface area contributed by atoms with Crippen molar-refractivity contribution in [3.8, 4) is 39.4 Å². The summed E-state index contributed by atoms with van der Waals surface area (Å²) < 4.78 is 0. The summed E-state index contributed by atoms with van der Waals surface area (Å²) in [6, 6.07) is 44.6. The van der Waals surface area contributed by atoms with Gasteiger partial charge < -0.3 is 10.0 Å². The zero-order chi connectivity index (χ0) is 32.5. The molecule has 0 saturated carbocycles. The molecule has 6 aromatic rings. The van der Waals surface area contributed by atoms with Crippen LogP contribution in [0.4, 0.5) is 17.2 Å². The molecule has 0 unspecified atom stereocenters. The van der Waals surface area contributed by atoms with Crippen LogP contribution in [0.3, 0.4) is 0 Å². The van der Waals surface area contributed by atoms with Gasteiger partial charge in [0.1, 0.15) is 11.6 Å². The molecule has 0 radical (unpaired) electrons. The second kappa shape index (κ2) is 13.7. The van der Waals surface area contributed by atoms with Crippen molar-refractivity contribution in [3.05, 3.63) is 145 Å². The summed E-state index contributed by atoms with van der Waals surface area (Å²) in [6.07, 6.45) is 1.80. The molecule has 240 valence electrons. The van der Waals surface area contributed by atoms with Crippen LogP contribution in [0.1, 0.15) is 52.7 Å². The number of phenols is 1. The van der Waals surface area contributed by atoms with Crippen molar-refractivity contribution in [2.24, 2.45) is 0 Å². The van der Waals surface area contributed by atoms with Crippen LogP contribution in [0.25, 0.3) is 33.6 Å². The van der Waals surface area contributed by atoms with Gasteiger partial charge >= 0.3 is 0 Å². The Labute approximate surface area is 293 Å². The van der Waals surface area contributed by atoms with Crippen molar-refractivity contribution >= 4 is 17.2 Å². The maximum Gasteiger partial charge on any atom is 0.136 e. The van der Waals surface area contributed by atoms with Crippen molar-refractivity contribution in [2.45, 2.75) is 52.4 Å². The third-order valence-corrected chi connectivity index (χ3v) is 8.18. The fourth-order valence-corrected chi connectivity index (χ4v) is 5.63. The molecule has 0 amide bonds. The van der Waals surface area contributed by atoms with Crippen molar-refractivity contribution < 1.29 is 26.2 Å². The van der Waals surface area contributed by atoms with Crippen LogP contribution in [-0.4, -0.2) is 15.1 Å². The van der Waals surface area contributed by atoms with E-state index in [4.69, 9.17) is 4.98 Å². The molecule has 0 atom stereocenters. The third-order valence-electron chi connectivity index (χ3n) is 8.18. The Morgan fingerprint density at radius 2 is 1.30 bits per heavy atom. The molecular formula is C42H40N3OPt-. The molecule has 5 heteroatoms. The Bertz CT molecular complexity index is 1920. The topological polar surface area (TPSA) is 49.2 Å². The molecule has 1 N–H and O–H groups in total. The van der Waals surface area contributed by atoms with E-state index < -0.39 is 0 Å². The number of nitrogens with zero attached hydrogens (tertiary/aromatic N) is 3. The number of hydrogen-bond donors (Lipinski definition) is 1. The molecule has 0 aliphatic heterocycles. The summed E-state index contributed by atoms with van der Waals surface area (Å²) in [4.78, 5) is 12.0. The molecule has 6 rings (SSSR count). The number of phenolic OH excluding ortho intramolecular Hbond substituents is 1. The van der Waals surface area contributed by atoms with Gasteiger partial charge in [-0.2, -0.15) is 0 Å². The maximum atomic E-state index is 11.8. The minimum Gasteiger partial charge on any atom is -0.507 e. The zero-order valence-electron chi connectivity index (χ0n) is 27.7. The normalized spacial score (nSPS) is 11.5. The Balaban J connectivity index is 0.00000433. The van der Waals surface area contributed by atoms with Crippen LogP contribution in [-0.2, 0) is 31.9 Å². The Kier molecular flexibility index (Phi) is 9.84. The second-order valence-electron chi connectivity index (χ2n) is 13.7. The number of pyridine rings is 2. The molecular weight excluding hydrogens is 758 g/mol. The predicted molar refractivity (Wildman–Crippen MR) is 191 cm³/mol. The average molecular weight is 798 g/mol. The first-order valence-corrected chi connectivity index (χ1v) is 15.7. The third kappa shape index (κ3) is 7.39. The van der Waals surface area contributed by atoms with Gasteiger partial charge in [0.05, 0.1) is 5.69 Å². The first-order chi connectivity index (χ1) is 22.0. The summed E-state index contributed by atoms with van der Waals surface area (Å²) >= 11 is 0. The van der Waals surface area contributed by atoms with Gasteiger partial charge in [0.2, 0.25) is 0 Å². The summed E-state index contributed by atoms with van der Waals surface area (Å²) in [6.45, 7) is 13.0. The van der Waals surface area contributed by atoms with Gasteiger partial charge in [-0.15, -0.1) is 29.8 Å². The SMILES string of the molecule is CC(C)(C)c1cc(-c2cc(-c3ccccc3)cc(-c3[c-]c(N(c4ccccc4)c4ccccn4)ccc3)n2)c(O)c(C(C)(C)C)c1.[Pt]. The molecule has 4 aromatic carbocycles. The molecule has 0 aliphatic carbocycles. The quantitative estimate of drug-likeness (QED) is 0.171. The van der Waals surface area contributed by atoms with Gasteiger partial charge in [-0.25, -0.2) is 4.98 Å². The first kappa shape index (κ1) is 33.8. The monoisotopic (exact) mass is 797 g/mol. The minimum absolute atomic E-state index is 0. The fourth-order valence-electron chi connectivity index (χ4n) is 5.63. The van der Waals surface area contributed by atoms with Gasteiger partial charge in [0, 0.05) is 44.1 Å². The van der Waals surface area contributed by atoms with Crippen LogP contribution in [0.5, 0.6) is 5.75 Å². The summed E-state index contributed by atoms with van der Waals surface area (Å²) in [5, 5.41) is 11.8. The van der Waals surface area contributed by atoms with Crippen molar-refractivity contribution in [2.75, 3.05) is 4.90 Å². The number of anilines is 3. The second-order valence-corrected chi connectivity index (χ2v) is 13.7. The number of hydrogen-bond acceptors (Lipinski definition) is 4. The number of rotatable bonds is 6. The Hall–Kier alpha value is -4.53. The molecule has 47 heavy (non-hydrogen) atoms. The molecule has 2 aromatic heterocycles. The average Bonchev–Trinajstić information content (AvgIpc) is 3.05. The van der Waals surface area contributed by atoms with Crippen LogP contribution in [0, 0.1) is 6.07 Å². The smallest absolute Gasteiger partial charge is 0.136 e. The summed E-state index contributed by atoms with van der Waals surface area (Å²) in [5.74, 6) is 1.07. The van der Waals surface area contributed by atoms with Crippen LogP contribution >= 0.6 is 0 Å². The Morgan fingerprint density at radius 3 is 1.94 bits per heavy atom. The van der Waals surface area contributed by atoms with E-state index in [1.807, 2.05) is 72.8 Å². The number of aromatic nitrogens is 2. The van der Waals surface area contributed by atoms with Gasteiger partial charge in [-0.05, 0) is 75.3 Å². The number of para-hydroxylation sites is 1. The standard InChI is InChI=1S/C42H40N3O.Pt/c1-41(2,3)32-27-35(40(46)36(28-32)42(4,5)6)38-26-31(29-16-9-7-10-17-29)25-37(44-38)30-18-15-21-34(24-30)45(33-19-11-8-12-20-33)39-22-13-14-23-43-39;/h7-23,25-28,46H,1-6H3;/q-1;. The van der Waals surface area contributed by atoms with Crippen LogP contribution in [0.2, 0.25) is 0 Å². The maximum absolute atomic E-state index is 11.8. The molecule has 0 fully saturated rings. The van der Waals surface area contributed by atoms with Crippen molar-refractivity contribution in [1.29, 1.82) is 0 Å². The van der Waals surface area contributed by atoms with Gasteiger partial charge in [0.25, 0.3) is 0 Å². The molecule has 0 saturated heterocycles. The fraction of sp³-hybridized carbons (Fsp3) is 0.190. The van der Waals surface area contributed by atoms with E-state index in [9.17, 15) is 5.11 Å². The van der Waals surface area contributed by atoms with E-state index in [0.717, 1.165) is 56.3 Å². The first-order valence-electron chi connectivity index (χ1n) is 15.7. The molecule has 4 nitrogen and oxygen atoms in total. The number of aromatic hydroxyl groups is 1. The molecule has 2 heterocycles. The van der Waals surface area contributed by atoms with Crippen LogP contribution in [0.15, 0.2) is 128 Å². The largest absolute Gasteiger partial charge is 0.507 e. The Morgan fingerprint density at radius 1 is 0.638 bits per heavy atom. The molecule has 0 spiro atoms. The van der Waals surface area contributed by atoms with Crippen LogP contribution < -0.4 is 4.90 Å². The summed E-state index contributed by atoms with van der Waals surface area (Å²) in [5.41, 5.74) is 8.68. The van der Waals surface area contributed by atoms with E-state index in [-0.39, 0.29) is 37.6 Å². The minimum atomic E-state index is -0.256.